The number of benzene rings is 1. The molecule has 0 radical (unpaired) electrons. The Hall–Kier alpha value is -1.80. The molecule has 1 saturated heterocycles. The first-order valence-electron chi connectivity index (χ1n) is 8.33. The summed E-state index contributed by atoms with van der Waals surface area (Å²) >= 11 is 7.07. The molecule has 9 heteroatoms. The number of nitrogens with zero attached hydrogens (tertiary/aromatic N) is 1. The number of aromatic hydroxyl groups is 1. The number of amides is 2. The summed E-state index contributed by atoms with van der Waals surface area (Å²) in [6.07, 6.45) is 1.99. The van der Waals surface area contributed by atoms with Crippen molar-refractivity contribution in [2.45, 2.75) is 18.9 Å². The first-order valence-corrected chi connectivity index (χ1v) is 9.59. The van der Waals surface area contributed by atoms with Gasteiger partial charge in [0.2, 0.25) is 0 Å². The second kappa shape index (κ2) is 9.41. The second-order valence-electron chi connectivity index (χ2n) is 6.16. The van der Waals surface area contributed by atoms with Gasteiger partial charge >= 0.3 is 0 Å². The molecule has 1 unspecified atom stereocenters. The van der Waals surface area contributed by atoms with Crippen molar-refractivity contribution >= 4 is 52.2 Å². The third-order valence-corrected chi connectivity index (χ3v) is 5.51. The van der Waals surface area contributed by atoms with Crippen molar-refractivity contribution in [3.8, 4) is 5.75 Å². The highest BCUT2D eigenvalue weighted by atomic mass is 35.5. The largest absolute Gasteiger partial charge is 0.507 e. The molecule has 1 atom stereocenters. The van der Waals surface area contributed by atoms with Crippen molar-refractivity contribution in [1.29, 1.82) is 0 Å². The summed E-state index contributed by atoms with van der Waals surface area (Å²) in [5.41, 5.74) is 0.572. The third-order valence-electron chi connectivity index (χ3n) is 4.44. The van der Waals surface area contributed by atoms with E-state index in [-0.39, 0.29) is 35.7 Å². The molecular weight excluding hydrogens is 409 g/mol. The third kappa shape index (κ3) is 4.93. The number of phenols is 1. The molecule has 1 aromatic carbocycles. The van der Waals surface area contributed by atoms with Gasteiger partial charge in [-0.05, 0) is 49.5 Å². The summed E-state index contributed by atoms with van der Waals surface area (Å²) < 4.78 is 0. The molecule has 0 bridgehead atoms. The molecule has 2 amide bonds. The van der Waals surface area contributed by atoms with E-state index in [1.165, 1.54) is 29.5 Å². The smallest absolute Gasteiger partial charge is 0.260 e. The lowest BCUT2D eigenvalue weighted by Gasteiger charge is -2.32. The zero-order chi connectivity index (χ0) is 18.7. The van der Waals surface area contributed by atoms with E-state index in [0.29, 0.717) is 28.7 Å². The summed E-state index contributed by atoms with van der Waals surface area (Å²) in [5.74, 6) is -0.781. The fourth-order valence-electron chi connectivity index (χ4n) is 3.01. The maximum absolute atomic E-state index is 12.9. The van der Waals surface area contributed by atoms with Gasteiger partial charge in [0.25, 0.3) is 11.8 Å². The average Bonchev–Trinajstić information content (AvgIpc) is 3.09. The number of hydrogen-bond donors (Lipinski definition) is 3. The number of carbonyl (C=O) groups is 2. The Morgan fingerprint density at radius 3 is 2.78 bits per heavy atom. The Morgan fingerprint density at radius 2 is 2.07 bits per heavy atom. The minimum absolute atomic E-state index is 0. The van der Waals surface area contributed by atoms with Gasteiger partial charge in [-0.3, -0.25) is 9.59 Å². The SMILES string of the molecule is CNC1CCCN(C(=O)c2ccsc2NC(=O)c2ccc(Cl)cc2O)C1.Cl. The quantitative estimate of drug-likeness (QED) is 0.693. The van der Waals surface area contributed by atoms with E-state index in [1.54, 1.807) is 11.4 Å². The summed E-state index contributed by atoms with van der Waals surface area (Å²) in [7, 11) is 1.90. The van der Waals surface area contributed by atoms with Crippen LogP contribution < -0.4 is 10.6 Å². The number of likely N-dealkylation sites (tertiary alicyclic amines) is 1. The Kier molecular flexibility index (Phi) is 7.49. The molecule has 2 heterocycles. The number of piperidine rings is 1. The van der Waals surface area contributed by atoms with E-state index in [9.17, 15) is 14.7 Å². The normalized spacial score (nSPS) is 16.5. The summed E-state index contributed by atoms with van der Waals surface area (Å²) in [6, 6.07) is 6.29. The van der Waals surface area contributed by atoms with E-state index >= 15 is 0 Å². The van der Waals surface area contributed by atoms with Crippen LogP contribution in [0.15, 0.2) is 29.6 Å². The van der Waals surface area contributed by atoms with Crippen LogP contribution in [0.3, 0.4) is 0 Å². The highest BCUT2D eigenvalue weighted by molar-refractivity contribution is 7.14. The molecule has 3 N–H and O–H groups in total. The highest BCUT2D eigenvalue weighted by Gasteiger charge is 2.26. The van der Waals surface area contributed by atoms with Crippen LogP contribution in [-0.4, -0.2) is 48.0 Å². The van der Waals surface area contributed by atoms with E-state index in [0.717, 1.165) is 12.8 Å². The van der Waals surface area contributed by atoms with E-state index in [1.807, 2.05) is 11.9 Å². The van der Waals surface area contributed by atoms with Crippen molar-refractivity contribution in [2.75, 3.05) is 25.5 Å². The first kappa shape index (κ1) is 21.5. The summed E-state index contributed by atoms with van der Waals surface area (Å²) in [4.78, 5) is 27.1. The van der Waals surface area contributed by atoms with Crippen molar-refractivity contribution in [1.82, 2.24) is 10.2 Å². The molecular formula is C18H21Cl2N3O3S. The van der Waals surface area contributed by atoms with Crippen molar-refractivity contribution < 1.29 is 14.7 Å². The summed E-state index contributed by atoms with van der Waals surface area (Å²) in [6.45, 7) is 1.36. The Labute approximate surface area is 172 Å². The number of phenolic OH excluding ortho intramolecular Hbond substituents is 1. The molecule has 27 heavy (non-hydrogen) atoms. The number of carbonyl (C=O) groups excluding carboxylic acids is 2. The van der Waals surface area contributed by atoms with Gasteiger partial charge in [0.05, 0.1) is 11.1 Å². The van der Waals surface area contributed by atoms with Crippen LogP contribution in [0.4, 0.5) is 5.00 Å². The molecule has 0 spiro atoms. The molecule has 1 aliphatic heterocycles. The van der Waals surface area contributed by atoms with Crippen LogP contribution in [0.25, 0.3) is 0 Å². The first-order chi connectivity index (χ1) is 12.5. The second-order valence-corrected chi connectivity index (χ2v) is 7.51. The molecule has 1 aromatic heterocycles. The van der Waals surface area contributed by atoms with Gasteiger partial charge in [-0.25, -0.2) is 0 Å². The molecule has 6 nitrogen and oxygen atoms in total. The minimum Gasteiger partial charge on any atom is -0.507 e. The number of anilines is 1. The van der Waals surface area contributed by atoms with Crippen LogP contribution in [0.5, 0.6) is 5.75 Å². The molecule has 0 saturated carbocycles. The zero-order valence-electron chi connectivity index (χ0n) is 14.7. The van der Waals surface area contributed by atoms with Gasteiger partial charge in [0, 0.05) is 24.2 Å². The van der Waals surface area contributed by atoms with Gasteiger partial charge in [-0.1, -0.05) is 11.6 Å². The maximum atomic E-state index is 12.9. The summed E-state index contributed by atoms with van der Waals surface area (Å²) in [5, 5.41) is 18.4. The Balaban J connectivity index is 0.00000261. The van der Waals surface area contributed by atoms with Crippen LogP contribution in [-0.2, 0) is 0 Å². The van der Waals surface area contributed by atoms with Gasteiger partial charge in [0.15, 0.2) is 0 Å². The predicted octanol–water partition coefficient (Wildman–Crippen LogP) is 3.61. The molecule has 2 aromatic rings. The van der Waals surface area contributed by atoms with Crippen molar-refractivity contribution in [3.63, 3.8) is 0 Å². The number of nitrogens with one attached hydrogen (secondary N) is 2. The average molecular weight is 430 g/mol. The standard InChI is InChI=1S/C18H20ClN3O3S.ClH/c1-20-12-3-2-7-22(10-12)18(25)14-6-8-26-17(14)21-16(24)13-5-4-11(19)9-15(13)23;/h4-6,8-9,12,20,23H,2-3,7,10H2,1H3,(H,21,24);1H. The van der Waals surface area contributed by atoms with Crippen LogP contribution in [0.1, 0.15) is 33.6 Å². The molecule has 146 valence electrons. The monoisotopic (exact) mass is 429 g/mol. The van der Waals surface area contributed by atoms with E-state index < -0.39 is 5.91 Å². The van der Waals surface area contributed by atoms with E-state index in [2.05, 4.69) is 10.6 Å². The van der Waals surface area contributed by atoms with Crippen molar-refractivity contribution in [3.05, 3.63) is 45.8 Å². The van der Waals surface area contributed by atoms with Crippen LogP contribution in [0, 0.1) is 0 Å². The zero-order valence-corrected chi connectivity index (χ0v) is 17.1. The number of likely N-dealkylation sites (N-methyl/N-ethyl adjacent to an activating group) is 1. The highest BCUT2D eigenvalue weighted by Crippen LogP contribution is 2.28. The molecule has 3 rings (SSSR count). The topological polar surface area (TPSA) is 81.7 Å². The number of halogens is 2. The maximum Gasteiger partial charge on any atom is 0.260 e. The predicted molar refractivity (Wildman–Crippen MR) is 111 cm³/mol. The fourth-order valence-corrected chi connectivity index (χ4v) is 3.95. The fraction of sp³-hybridized carbons (Fsp3) is 0.333. The lowest BCUT2D eigenvalue weighted by molar-refractivity contribution is 0.0699. The van der Waals surface area contributed by atoms with Crippen molar-refractivity contribution in [2.24, 2.45) is 0 Å². The van der Waals surface area contributed by atoms with Crippen LogP contribution in [0.2, 0.25) is 5.02 Å². The minimum atomic E-state index is -0.484. The van der Waals surface area contributed by atoms with Crippen LogP contribution >= 0.6 is 35.3 Å². The van der Waals surface area contributed by atoms with Gasteiger partial charge in [0.1, 0.15) is 10.8 Å². The molecule has 1 aliphatic rings. The number of thiophene rings is 1. The molecule has 1 fully saturated rings. The van der Waals surface area contributed by atoms with Gasteiger partial charge in [-0.15, -0.1) is 23.7 Å². The lowest BCUT2D eigenvalue weighted by Crippen LogP contribution is -2.47. The van der Waals surface area contributed by atoms with Gasteiger partial charge < -0.3 is 20.6 Å². The Bertz CT molecular complexity index is 828. The molecule has 0 aliphatic carbocycles. The van der Waals surface area contributed by atoms with Gasteiger partial charge in [-0.2, -0.15) is 0 Å². The number of rotatable bonds is 4. The van der Waals surface area contributed by atoms with E-state index in [4.69, 9.17) is 11.6 Å². The number of hydrogen-bond acceptors (Lipinski definition) is 5. The Morgan fingerprint density at radius 1 is 1.30 bits per heavy atom. The lowest BCUT2D eigenvalue weighted by atomic mass is 10.1.